The first-order valence-corrected chi connectivity index (χ1v) is 8.15. The summed E-state index contributed by atoms with van der Waals surface area (Å²) in [5.41, 5.74) is 0. The van der Waals surface area contributed by atoms with E-state index >= 15 is 0 Å². The Morgan fingerprint density at radius 2 is 1.39 bits per heavy atom. The minimum atomic E-state index is -0.0000926. The van der Waals surface area contributed by atoms with Gasteiger partial charge < -0.3 is 10.0 Å². The molecule has 0 spiro atoms. The van der Waals surface area contributed by atoms with E-state index < -0.39 is 0 Å². The van der Waals surface area contributed by atoms with Gasteiger partial charge in [-0.15, -0.1) is 0 Å². The minimum Gasteiger partial charge on any atom is -0.393 e. The molecule has 3 fully saturated rings. The fourth-order valence-electron chi connectivity index (χ4n) is 4.77. The number of piperidine rings is 1. The number of rotatable bonds is 2. The third-order valence-electron chi connectivity index (χ3n) is 6.00. The van der Waals surface area contributed by atoms with Gasteiger partial charge in [0, 0.05) is 12.1 Å². The topological polar surface area (TPSA) is 23.5 Å². The van der Waals surface area contributed by atoms with Gasteiger partial charge in [-0.3, -0.25) is 0 Å². The monoisotopic (exact) mass is 251 g/mol. The zero-order valence-electron chi connectivity index (χ0n) is 11.9. The van der Waals surface area contributed by atoms with Gasteiger partial charge in [-0.2, -0.15) is 0 Å². The lowest BCUT2D eigenvalue weighted by molar-refractivity contribution is -0.00289. The summed E-state index contributed by atoms with van der Waals surface area (Å²) in [4.78, 5) is 2.58. The number of aliphatic hydroxyl groups is 1. The van der Waals surface area contributed by atoms with Crippen molar-refractivity contribution in [1.82, 2.24) is 4.90 Å². The van der Waals surface area contributed by atoms with Crippen LogP contribution in [-0.4, -0.2) is 35.2 Å². The smallest absolute Gasteiger partial charge is 0.0597 e. The number of aliphatic hydroxyl groups excluding tert-OH is 1. The predicted molar refractivity (Wildman–Crippen MR) is 74.5 cm³/mol. The summed E-state index contributed by atoms with van der Waals surface area (Å²) in [6, 6.07) is 1.54. The van der Waals surface area contributed by atoms with Gasteiger partial charge >= 0.3 is 0 Å². The molecule has 3 rings (SSSR count). The first-order valence-electron chi connectivity index (χ1n) is 8.15. The molecule has 1 aliphatic carbocycles. The number of nitrogens with zero attached hydrogens (tertiary/aromatic N) is 1. The molecule has 2 nitrogen and oxygen atoms in total. The Labute approximate surface area is 112 Å². The minimum absolute atomic E-state index is 0.0000926. The van der Waals surface area contributed by atoms with Crippen molar-refractivity contribution in [2.75, 3.05) is 7.05 Å². The molecule has 2 heterocycles. The molecule has 2 aliphatic heterocycles. The standard InChI is InChI=1S/C16H29NO/c1-17-14-8-9-15(17)11-13(10-14)16(18)12-6-4-2-3-5-7-12/h12-16,18H,2-11H2,1H3. The molecule has 0 aromatic carbocycles. The predicted octanol–water partition coefficient (Wildman–Crippen LogP) is 3.19. The SMILES string of the molecule is CN1C2CCC1CC(C(O)C1CCCCCC1)C2. The van der Waals surface area contributed by atoms with Gasteiger partial charge in [0.05, 0.1) is 6.10 Å². The normalized spacial score (nSPS) is 40.7. The molecule has 0 amide bonds. The Morgan fingerprint density at radius 1 is 0.833 bits per heavy atom. The number of hydrogen-bond donors (Lipinski definition) is 1. The van der Waals surface area contributed by atoms with Crippen LogP contribution in [0.25, 0.3) is 0 Å². The van der Waals surface area contributed by atoms with Crippen LogP contribution in [0.15, 0.2) is 0 Å². The highest BCUT2D eigenvalue weighted by molar-refractivity contribution is 4.96. The van der Waals surface area contributed by atoms with Crippen molar-refractivity contribution in [3.63, 3.8) is 0 Å². The lowest BCUT2D eigenvalue weighted by Gasteiger charge is -2.40. The highest BCUT2D eigenvalue weighted by Crippen LogP contribution is 2.41. The Balaban J connectivity index is 1.60. The van der Waals surface area contributed by atoms with Crippen molar-refractivity contribution in [1.29, 1.82) is 0 Å². The van der Waals surface area contributed by atoms with Crippen LogP contribution in [0.2, 0.25) is 0 Å². The van der Waals surface area contributed by atoms with Gasteiger partial charge in [-0.25, -0.2) is 0 Å². The fraction of sp³-hybridized carbons (Fsp3) is 1.00. The van der Waals surface area contributed by atoms with Crippen molar-refractivity contribution in [3.8, 4) is 0 Å². The van der Waals surface area contributed by atoms with Crippen LogP contribution in [-0.2, 0) is 0 Å². The molecule has 2 bridgehead atoms. The van der Waals surface area contributed by atoms with E-state index in [-0.39, 0.29) is 6.10 Å². The summed E-state index contributed by atoms with van der Waals surface area (Å²) in [7, 11) is 2.29. The average Bonchev–Trinajstić information content (AvgIpc) is 2.67. The highest BCUT2D eigenvalue weighted by Gasteiger charge is 2.42. The quantitative estimate of drug-likeness (QED) is 0.762. The van der Waals surface area contributed by atoms with Gasteiger partial charge in [-0.05, 0) is 57.4 Å². The van der Waals surface area contributed by atoms with Crippen LogP contribution in [0.1, 0.15) is 64.2 Å². The zero-order chi connectivity index (χ0) is 12.5. The summed E-state index contributed by atoms with van der Waals surface area (Å²) in [5, 5.41) is 10.8. The zero-order valence-corrected chi connectivity index (χ0v) is 11.9. The molecule has 2 saturated heterocycles. The van der Waals surface area contributed by atoms with Crippen molar-refractivity contribution in [3.05, 3.63) is 0 Å². The number of hydrogen-bond acceptors (Lipinski definition) is 2. The first kappa shape index (κ1) is 12.9. The first-order chi connectivity index (χ1) is 8.75. The molecule has 3 atom stereocenters. The van der Waals surface area contributed by atoms with Crippen molar-refractivity contribution < 1.29 is 5.11 Å². The molecule has 3 aliphatic rings. The highest BCUT2D eigenvalue weighted by atomic mass is 16.3. The third-order valence-corrected chi connectivity index (χ3v) is 6.00. The van der Waals surface area contributed by atoms with Crippen LogP contribution in [0.4, 0.5) is 0 Å². The Morgan fingerprint density at radius 3 is 1.94 bits per heavy atom. The van der Waals surface area contributed by atoms with E-state index in [2.05, 4.69) is 11.9 Å². The molecule has 1 N–H and O–H groups in total. The molecule has 0 radical (unpaired) electrons. The van der Waals surface area contributed by atoms with E-state index in [9.17, 15) is 5.11 Å². The molecule has 2 heteroatoms. The van der Waals surface area contributed by atoms with E-state index in [1.165, 1.54) is 64.2 Å². The van der Waals surface area contributed by atoms with Gasteiger partial charge in [0.15, 0.2) is 0 Å². The summed E-state index contributed by atoms with van der Waals surface area (Å²) < 4.78 is 0. The molecular formula is C16H29NO. The van der Waals surface area contributed by atoms with Crippen LogP contribution < -0.4 is 0 Å². The largest absolute Gasteiger partial charge is 0.393 e. The fourth-order valence-corrected chi connectivity index (χ4v) is 4.77. The second-order valence-corrected chi connectivity index (χ2v) is 7.02. The maximum atomic E-state index is 10.8. The molecule has 104 valence electrons. The van der Waals surface area contributed by atoms with Crippen molar-refractivity contribution >= 4 is 0 Å². The second kappa shape index (κ2) is 5.50. The lowest BCUT2D eigenvalue weighted by atomic mass is 9.79. The van der Waals surface area contributed by atoms with Crippen LogP contribution in [0.5, 0.6) is 0 Å². The lowest BCUT2D eigenvalue weighted by Crippen LogP contribution is -2.44. The maximum absolute atomic E-state index is 10.8. The van der Waals surface area contributed by atoms with Crippen molar-refractivity contribution in [2.24, 2.45) is 11.8 Å². The molecule has 1 saturated carbocycles. The van der Waals surface area contributed by atoms with E-state index in [4.69, 9.17) is 0 Å². The third kappa shape index (κ3) is 2.46. The van der Waals surface area contributed by atoms with Crippen LogP contribution in [0.3, 0.4) is 0 Å². The summed E-state index contributed by atoms with van der Waals surface area (Å²) in [6.07, 6.45) is 13.3. The van der Waals surface area contributed by atoms with E-state index in [0.717, 1.165) is 12.1 Å². The molecule has 0 aromatic heterocycles. The van der Waals surface area contributed by atoms with Crippen LogP contribution in [0, 0.1) is 11.8 Å². The van der Waals surface area contributed by atoms with Crippen molar-refractivity contribution in [2.45, 2.75) is 82.4 Å². The molecule has 0 aromatic rings. The van der Waals surface area contributed by atoms with Crippen LogP contribution >= 0.6 is 0 Å². The summed E-state index contributed by atoms with van der Waals surface area (Å²) in [6.45, 7) is 0. The molecule has 18 heavy (non-hydrogen) atoms. The van der Waals surface area contributed by atoms with Gasteiger partial charge in [-0.1, -0.05) is 25.7 Å². The van der Waals surface area contributed by atoms with E-state index in [0.29, 0.717) is 11.8 Å². The number of fused-ring (bicyclic) bond motifs is 2. The average molecular weight is 251 g/mol. The summed E-state index contributed by atoms with van der Waals surface area (Å²) in [5.74, 6) is 1.21. The Kier molecular flexibility index (Phi) is 3.95. The van der Waals surface area contributed by atoms with Gasteiger partial charge in [0.25, 0.3) is 0 Å². The van der Waals surface area contributed by atoms with Gasteiger partial charge in [0.2, 0.25) is 0 Å². The van der Waals surface area contributed by atoms with Gasteiger partial charge in [0.1, 0.15) is 0 Å². The molecular weight excluding hydrogens is 222 g/mol. The second-order valence-electron chi connectivity index (χ2n) is 7.02. The van der Waals surface area contributed by atoms with E-state index in [1.807, 2.05) is 0 Å². The Hall–Kier alpha value is -0.0800. The molecule has 3 unspecified atom stereocenters. The summed E-state index contributed by atoms with van der Waals surface area (Å²) >= 11 is 0. The maximum Gasteiger partial charge on any atom is 0.0597 e. The Bertz CT molecular complexity index is 258. The van der Waals surface area contributed by atoms with E-state index in [1.54, 1.807) is 0 Å².